The topological polar surface area (TPSA) is 84.5 Å². The van der Waals surface area contributed by atoms with Crippen LogP contribution in [0.4, 0.5) is 5.95 Å². The molecule has 6 heteroatoms. The maximum atomic E-state index is 9.59. The summed E-state index contributed by atoms with van der Waals surface area (Å²) in [4.78, 5) is 10.5. The first-order valence-electron chi connectivity index (χ1n) is 5.35. The minimum Gasteiger partial charge on any atom is -0.385 e. The van der Waals surface area contributed by atoms with E-state index in [1.165, 1.54) is 0 Å². The molecule has 1 aromatic rings. The lowest BCUT2D eigenvalue weighted by atomic mass is 10.2. The van der Waals surface area contributed by atoms with Gasteiger partial charge in [0.25, 0.3) is 0 Å². The normalized spacial score (nSPS) is 18.5. The number of rotatable bonds is 3. The van der Waals surface area contributed by atoms with Gasteiger partial charge in [-0.1, -0.05) is 0 Å². The Labute approximate surface area is 94.1 Å². The molecule has 1 unspecified atom stereocenters. The van der Waals surface area contributed by atoms with Crippen LogP contribution in [-0.2, 0) is 4.74 Å². The fourth-order valence-corrected chi connectivity index (χ4v) is 1.58. The van der Waals surface area contributed by atoms with E-state index in [-0.39, 0.29) is 6.54 Å². The van der Waals surface area contributed by atoms with Crippen molar-refractivity contribution >= 4 is 5.95 Å². The Kier molecular flexibility index (Phi) is 3.66. The maximum absolute atomic E-state index is 9.59. The molecule has 1 saturated heterocycles. The second kappa shape index (κ2) is 5.20. The van der Waals surface area contributed by atoms with E-state index in [1.54, 1.807) is 12.3 Å². The van der Waals surface area contributed by atoms with Crippen LogP contribution >= 0.6 is 0 Å². The smallest absolute Gasteiger partial charge is 0.225 e. The molecule has 6 nitrogen and oxygen atoms in total. The molecule has 3 N–H and O–H groups in total. The first-order chi connectivity index (χ1) is 7.81. The van der Waals surface area contributed by atoms with Crippen LogP contribution in [0.15, 0.2) is 12.3 Å². The fraction of sp³-hybridized carbons (Fsp3) is 0.600. The third-order valence-electron chi connectivity index (χ3n) is 2.52. The lowest BCUT2D eigenvalue weighted by Crippen LogP contribution is -2.37. The van der Waals surface area contributed by atoms with E-state index in [1.807, 2.05) is 4.90 Å². The number of hydrogen-bond acceptors (Lipinski definition) is 6. The van der Waals surface area contributed by atoms with Crippen LogP contribution in [0.5, 0.6) is 0 Å². The lowest BCUT2D eigenvalue weighted by molar-refractivity contribution is 0.122. The van der Waals surface area contributed by atoms with E-state index in [0.717, 1.165) is 13.1 Å². The number of morpholine rings is 1. The van der Waals surface area contributed by atoms with Gasteiger partial charge in [0.1, 0.15) is 6.10 Å². The number of nitrogens with zero attached hydrogens (tertiary/aromatic N) is 3. The Hall–Kier alpha value is -1.24. The Balaban J connectivity index is 2.14. The Morgan fingerprint density at radius 1 is 1.50 bits per heavy atom. The summed E-state index contributed by atoms with van der Waals surface area (Å²) in [5, 5.41) is 9.59. The van der Waals surface area contributed by atoms with Gasteiger partial charge in [-0.3, -0.25) is 0 Å². The highest BCUT2D eigenvalue weighted by Crippen LogP contribution is 2.13. The van der Waals surface area contributed by atoms with E-state index in [0.29, 0.717) is 24.9 Å². The van der Waals surface area contributed by atoms with Gasteiger partial charge >= 0.3 is 0 Å². The standard InChI is InChI=1S/C10H16N4O2/c11-7-9(15)8-1-2-12-10(13-8)14-3-5-16-6-4-14/h1-2,9,15H,3-7,11H2. The maximum Gasteiger partial charge on any atom is 0.225 e. The van der Waals surface area contributed by atoms with Crippen molar-refractivity contribution in [3.63, 3.8) is 0 Å². The molecule has 1 aliphatic heterocycles. The molecule has 0 aromatic carbocycles. The van der Waals surface area contributed by atoms with Crippen molar-refractivity contribution in [1.82, 2.24) is 9.97 Å². The number of ether oxygens (including phenoxy) is 1. The monoisotopic (exact) mass is 224 g/mol. The molecular weight excluding hydrogens is 208 g/mol. The van der Waals surface area contributed by atoms with Gasteiger partial charge in [0.05, 0.1) is 18.9 Å². The summed E-state index contributed by atoms with van der Waals surface area (Å²) in [7, 11) is 0. The highest BCUT2D eigenvalue weighted by Gasteiger charge is 2.15. The number of aliphatic hydroxyl groups is 1. The van der Waals surface area contributed by atoms with Gasteiger partial charge < -0.3 is 20.5 Å². The van der Waals surface area contributed by atoms with Gasteiger partial charge in [-0.15, -0.1) is 0 Å². The molecule has 0 amide bonds. The third-order valence-corrected chi connectivity index (χ3v) is 2.52. The minimum atomic E-state index is -0.720. The predicted molar refractivity (Wildman–Crippen MR) is 59.1 cm³/mol. The quantitative estimate of drug-likeness (QED) is 0.706. The van der Waals surface area contributed by atoms with Gasteiger partial charge in [-0.2, -0.15) is 0 Å². The highest BCUT2D eigenvalue weighted by atomic mass is 16.5. The zero-order valence-corrected chi connectivity index (χ0v) is 9.04. The van der Waals surface area contributed by atoms with Crippen molar-refractivity contribution in [2.45, 2.75) is 6.10 Å². The molecule has 88 valence electrons. The summed E-state index contributed by atoms with van der Waals surface area (Å²) in [5.41, 5.74) is 5.96. The zero-order valence-electron chi connectivity index (χ0n) is 9.04. The number of aliphatic hydroxyl groups excluding tert-OH is 1. The molecule has 1 aliphatic rings. The van der Waals surface area contributed by atoms with Gasteiger partial charge in [-0.05, 0) is 6.07 Å². The van der Waals surface area contributed by atoms with Crippen LogP contribution in [0.2, 0.25) is 0 Å². The van der Waals surface area contributed by atoms with E-state index in [4.69, 9.17) is 10.5 Å². The van der Waals surface area contributed by atoms with E-state index < -0.39 is 6.10 Å². The molecule has 16 heavy (non-hydrogen) atoms. The molecule has 1 fully saturated rings. The largest absolute Gasteiger partial charge is 0.385 e. The first-order valence-corrected chi connectivity index (χ1v) is 5.35. The average molecular weight is 224 g/mol. The number of aromatic nitrogens is 2. The minimum absolute atomic E-state index is 0.166. The number of nitrogens with two attached hydrogens (primary N) is 1. The summed E-state index contributed by atoms with van der Waals surface area (Å²) in [6.07, 6.45) is 0.925. The molecule has 0 saturated carbocycles. The number of hydrogen-bond donors (Lipinski definition) is 2. The molecule has 1 aromatic heterocycles. The lowest BCUT2D eigenvalue weighted by Gasteiger charge is -2.27. The molecule has 2 heterocycles. The van der Waals surface area contributed by atoms with Gasteiger partial charge in [0.15, 0.2) is 0 Å². The van der Waals surface area contributed by atoms with Crippen LogP contribution in [0.1, 0.15) is 11.8 Å². The molecule has 1 atom stereocenters. The molecule has 0 radical (unpaired) electrons. The SMILES string of the molecule is NCC(O)c1ccnc(N2CCOCC2)n1. The Bertz CT molecular complexity index is 341. The summed E-state index contributed by atoms with van der Waals surface area (Å²) in [6.45, 7) is 3.10. The fourth-order valence-electron chi connectivity index (χ4n) is 1.58. The van der Waals surface area contributed by atoms with E-state index in [2.05, 4.69) is 9.97 Å². The Morgan fingerprint density at radius 2 is 2.25 bits per heavy atom. The van der Waals surface area contributed by atoms with Crippen molar-refractivity contribution in [3.05, 3.63) is 18.0 Å². The van der Waals surface area contributed by atoms with Crippen molar-refractivity contribution < 1.29 is 9.84 Å². The highest BCUT2D eigenvalue weighted by molar-refractivity contribution is 5.31. The van der Waals surface area contributed by atoms with Crippen LogP contribution < -0.4 is 10.6 Å². The Morgan fingerprint density at radius 3 is 2.94 bits per heavy atom. The van der Waals surface area contributed by atoms with Crippen LogP contribution in [0.3, 0.4) is 0 Å². The molecule has 0 aliphatic carbocycles. The summed E-state index contributed by atoms with van der Waals surface area (Å²) >= 11 is 0. The molecule has 0 spiro atoms. The van der Waals surface area contributed by atoms with Crippen molar-refractivity contribution in [1.29, 1.82) is 0 Å². The zero-order chi connectivity index (χ0) is 11.4. The molecule has 2 rings (SSSR count). The van der Waals surface area contributed by atoms with E-state index in [9.17, 15) is 5.11 Å². The summed E-state index contributed by atoms with van der Waals surface area (Å²) in [5.74, 6) is 0.633. The first kappa shape index (κ1) is 11.3. The van der Waals surface area contributed by atoms with Crippen LogP contribution in [-0.4, -0.2) is 47.9 Å². The average Bonchev–Trinajstić information content (AvgIpc) is 2.39. The molecular formula is C10H16N4O2. The van der Waals surface area contributed by atoms with E-state index >= 15 is 0 Å². The number of anilines is 1. The van der Waals surface area contributed by atoms with Crippen molar-refractivity contribution in [2.24, 2.45) is 5.73 Å². The third kappa shape index (κ3) is 2.46. The van der Waals surface area contributed by atoms with Gasteiger partial charge in [-0.25, -0.2) is 9.97 Å². The van der Waals surface area contributed by atoms with Crippen LogP contribution in [0, 0.1) is 0 Å². The van der Waals surface area contributed by atoms with Gasteiger partial charge in [0, 0.05) is 25.8 Å². The summed E-state index contributed by atoms with van der Waals surface area (Å²) in [6, 6.07) is 1.68. The van der Waals surface area contributed by atoms with Crippen LogP contribution in [0.25, 0.3) is 0 Å². The van der Waals surface area contributed by atoms with Gasteiger partial charge in [0.2, 0.25) is 5.95 Å². The second-order valence-corrected chi connectivity index (χ2v) is 3.63. The van der Waals surface area contributed by atoms with Crippen molar-refractivity contribution in [3.8, 4) is 0 Å². The summed E-state index contributed by atoms with van der Waals surface area (Å²) < 4.78 is 5.25. The molecule has 0 bridgehead atoms. The van der Waals surface area contributed by atoms with Crippen molar-refractivity contribution in [2.75, 3.05) is 37.7 Å². The predicted octanol–water partition coefficient (Wildman–Crippen LogP) is -0.695. The second-order valence-electron chi connectivity index (χ2n) is 3.63.